The Kier molecular flexibility index (Phi) is 4.53. The molecule has 0 aromatic heterocycles. The molecule has 2 rings (SSSR count). The number of carboxylic acid groups (broad SMARTS) is 1. The molecule has 0 spiro atoms. The molecule has 2 N–H and O–H groups in total. The van der Waals surface area contributed by atoms with E-state index in [-0.39, 0.29) is 0 Å². The van der Waals surface area contributed by atoms with E-state index in [0.29, 0.717) is 10.7 Å². The van der Waals surface area contributed by atoms with Crippen LogP contribution in [0.25, 0.3) is 0 Å². The Morgan fingerprint density at radius 3 is 2.38 bits per heavy atom. The average molecular weight is 304 g/mol. The van der Waals surface area contributed by atoms with Gasteiger partial charge in [-0.2, -0.15) is 0 Å². The van der Waals surface area contributed by atoms with Crippen LogP contribution >= 0.6 is 11.6 Å². The van der Waals surface area contributed by atoms with Crippen LogP contribution in [-0.2, 0) is 4.79 Å². The number of nitrogens with one attached hydrogen (secondary N) is 1. The van der Waals surface area contributed by atoms with Crippen molar-refractivity contribution >= 4 is 23.3 Å². The molecule has 0 heterocycles. The molecule has 21 heavy (non-hydrogen) atoms. The fraction of sp³-hybridized carbons (Fsp3) is 0.235. The zero-order chi connectivity index (χ0) is 15.6. The molecule has 0 aliphatic rings. The molecular formula is C17H18ClNO2. The molecule has 2 aromatic carbocycles. The molecule has 0 saturated carbocycles. The topological polar surface area (TPSA) is 49.3 Å². The van der Waals surface area contributed by atoms with Gasteiger partial charge < -0.3 is 10.4 Å². The van der Waals surface area contributed by atoms with Gasteiger partial charge in [0.15, 0.2) is 6.04 Å². The Morgan fingerprint density at radius 2 is 1.76 bits per heavy atom. The molecule has 0 radical (unpaired) electrons. The van der Waals surface area contributed by atoms with E-state index >= 15 is 0 Å². The lowest BCUT2D eigenvalue weighted by atomic mass is 9.95. The molecule has 1 atom stereocenters. The predicted molar refractivity (Wildman–Crippen MR) is 86.1 cm³/mol. The minimum atomic E-state index is -0.915. The molecule has 0 saturated heterocycles. The van der Waals surface area contributed by atoms with Crippen LogP contribution in [-0.4, -0.2) is 11.1 Å². The normalized spacial score (nSPS) is 12.0. The van der Waals surface area contributed by atoms with Crippen LogP contribution in [0.2, 0.25) is 5.02 Å². The van der Waals surface area contributed by atoms with Crippen molar-refractivity contribution in [3.05, 3.63) is 63.7 Å². The summed E-state index contributed by atoms with van der Waals surface area (Å²) in [5, 5.41) is 13.2. The Morgan fingerprint density at radius 1 is 1.10 bits per heavy atom. The summed E-state index contributed by atoms with van der Waals surface area (Å²) in [4.78, 5) is 11.6. The van der Waals surface area contributed by atoms with E-state index in [2.05, 4.69) is 5.32 Å². The van der Waals surface area contributed by atoms with E-state index in [1.165, 1.54) is 0 Å². The summed E-state index contributed by atoms with van der Waals surface area (Å²) >= 11 is 5.94. The van der Waals surface area contributed by atoms with Gasteiger partial charge in [0.25, 0.3) is 0 Å². The van der Waals surface area contributed by atoms with Crippen molar-refractivity contribution in [1.82, 2.24) is 0 Å². The summed E-state index contributed by atoms with van der Waals surface area (Å²) in [6.07, 6.45) is 0. The van der Waals surface area contributed by atoms with E-state index in [4.69, 9.17) is 11.6 Å². The van der Waals surface area contributed by atoms with Crippen molar-refractivity contribution in [2.24, 2.45) is 0 Å². The second-order valence-electron chi connectivity index (χ2n) is 5.22. The third-order valence-electron chi connectivity index (χ3n) is 3.58. The number of hydrogen-bond acceptors (Lipinski definition) is 2. The van der Waals surface area contributed by atoms with Gasteiger partial charge in [0.05, 0.1) is 0 Å². The van der Waals surface area contributed by atoms with E-state index in [9.17, 15) is 9.90 Å². The van der Waals surface area contributed by atoms with Crippen molar-refractivity contribution in [3.63, 3.8) is 0 Å². The number of benzene rings is 2. The van der Waals surface area contributed by atoms with Crippen LogP contribution in [0.3, 0.4) is 0 Å². The first-order valence-electron chi connectivity index (χ1n) is 6.71. The van der Waals surface area contributed by atoms with Crippen LogP contribution in [0.4, 0.5) is 5.69 Å². The molecule has 4 heteroatoms. The number of carbonyl (C=O) groups is 1. The zero-order valence-electron chi connectivity index (χ0n) is 12.3. The highest BCUT2D eigenvalue weighted by Crippen LogP contribution is 2.26. The standard InChI is InChI=1S/C17H18ClNO2/c1-10-7-12(3)15(8-11(10)2)16(17(20)21)19-14-6-4-5-13(18)9-14/h4-9,16,19H,1-3H3,(H,20,21). The van der Waals surface area contributed by atoms with E-state index in [1.807, 2.05) is 32.9 Å². The lowest BCUT2D eigenvalue weighted by Gasteiger charge is -2.20. The number of hydrogen-bond donors (Lipinski definition) is 2. The first kappa shape index (κ1) is 15.4. The smallest absolute Gasteiger partial charge is 0.330 e. The van der Waals surface area contributed by atoms with Gasteiger partial charge in [-0.15, -0.1) is 0 Å². The van der Waals surface area contributed by atoms with Gasteiger partial charge in [-0.05, 0) is 61.2 Å². The van der Waals surface area contributed by atoms with Gasteiger partial charge in [-0.25, -0.2) is 4.79 Å². The Hall–Kier alpha value is -2.00. The molecule has 0 aliphatic carbocycles. The van der Waals surface area contributed by atoms with Gasteiger partial charge >= 0.3 is 5.97 Å². The lowest BCUT2D eigenvalue weighted by molar-refractivity contribution is -0.138. The molecule has 0 aliphatic heterocycles. The first-order chi connectivity index (χ1) is 9.88. The molecule has 2 aromatic rings. The fourth-order valence-electron chi connectivity index (χ4n) is 2.31. The van der Waals surface area contributed by atoms with Gasteiger partial charge in [-0.1, -0.05) is 29.8 Å². The van der Waals surface area contributed by atoms with Crippen LogP contribution in [0, 0.1) is 20.8 Å². The number of anilines is 1. The lowest BCUT2D eigenvalue weighted by Crippen LogP contribution is -2.21. The minimum absolute atomic E-state index is 0.570. The maximum Gasteiger partial charge on any atom is 0.330 e. The Labute approximate surface area is 129 Å². The monoisotopic (exact) mass is 303 g/mol. The highest BCUT2D eigenvalue weighted by atomic mass is 35.5. The highest BCUT2D eigenvalue weighted by molar-refractivity contribution is 6.30. The maximum absolute atomic E-state index is 11.6. The van der Waals surface area contributed by atoms with Gasteiger partial charge in [0, 0.05) is 10.7 Å². The highest BCUT2D eigenvalue weighted by Gasteiger charge is 2.22. The number of aliphatic carboxylic acids is 1. The van der Waals surface area contributed by atoms with Gasteiger partial charge in [-0.3, -0.25) is 0 Å². The summed E-state index contributed by atoms with van der Waals surface area (Å²) in [6, 6.07) is 10.2. The first-order valence-corrected chi connectivity index (χ1v) is 7.09. The Balaban J connectivity index is 2.40. The number of rotatable bonds is 4. The number of aryl methyl sites for hydroxylation is 3. The molecule has 3 nitrogen and oxygen atoms in total. The van der Waals surface area contributed by atoms with Crippen LogP contribution < -0.4 is 5.32 Å². The molecule has 0 bridgehead atoms. The van der Waals surface area contributed by atoms with Crippen LogP contribution in [0.15, 0.2) is 36.4 Å². The van der Waals surface area contributed by atoms with Crippen LogP contribution in [0.5, 0.6) is 0 Å². The number of halogens is 1. The molecule has 110 valence electrons. The van der Waals surface area contributed by atoms with E-state index in [1.54, 1.807) is 24.3 Å². The van der Waals surface area contributed by atoms with Crippen molar-refractivity contribution < 1.29 is 9.90 Å². The van der Waals surface area contributed by atoms with Gasteiger partial charge in [0.2, 0.25) is 0 Å². The second-order valence-corrected chi connectivity index (χ2v) is 5.66. The summed E-state index contributed by atoms with van der Waals surface area (Å²) in [5.41, 5.74) is 4.65. The summed E-state index contributed by atoms with van der Waals surface area (Å²) in [5.74, 6) is -0.915. The quantitative estimate of drug-likeness (QED) is 0.874. The van der Waals surface area contributed by atoms with Crippen molar-refractivity contribution in [3.8, 4) is 0 Å². The van der Waals surface area contributed by atoms with E-state index < -0.39 is 12.0 Å². The minimum Gasteiger partial charge on any atom is -0.479 e. The largest absolute Gasteiger partial charge is 0.479 e. The summed E-state index contributed by atoms with van der Waals surface area (Å²) < 4.78 is 0. The molecular weight excluding hydrogens is 286 g/mol. The van der Waals surface area contributed by atoms with Crippen molar-refractivity contribution in [2.45, 2.75) is 26.8 Å². The third kappa shape index (κ3) is 3.56. The number of carboxylic acids is 1. The molecule has 0 fully saturated rings. The zero-order valence-corrected chi connectivity index (χ0v) is 13.0. The Bertz CT molecular complexity index is 682. The van der Waals surface area contributed by atoms with Gasteiger partial charge in [0.1, 0.15) is 0 Å². The van der Waals surface area contributed by atoms with Crippen molar-refractivity contribution in [1.29, 1.82) is 0 Å². The molecule has 1 unspecified atom stereocenters. The summed E-state index contributed by atoms with van der Waals surface area (Å²) in [7, 11) is 0. The SMILES string of the molecule is Cc1cc(C)c(C(Nc2cccc(Cl)c2)C(=O)O)cc1C. The van der Waals surface area contributed by atoms with Crippen molar-refractivity contribution in [2.75, 3.05) is 5.32 Å². The van der Waals surface area contributed by atoms with E-state index in [0.717, 1.165) is 22.3 Å². The fourth-order valence-corrected chi connectivity index (χ4v) is 2.50. The average Bonchev–Trinajstić information content (AvgIpc) is 2.40. The third-order valence-corrected chi connectivity index (χ3v) is 3.81. The van der Waals surface area contributed by atoms with Crippen LogP contribution in [0.1, 0.15) is 28.3 Å². The second kappa shape index (κ2) is 6.19. The predicted octanol–water partition coefficient (Wildman–Crippen LogP) is 4.50. The molecule has 0 amide bonds. The summed E-state index contributed by atoms with van der Waals surface area (Å²) in [6.45, 7) is 5.93. The maximum atomic E-state index is 11.6.